The molecule has 0 saturated heterocycles. The van der Waals surface area contributed by atoms with Gasteiger partial charge >= 0.3 is 0 Å². The van der Waals surface area contributed by atoms with Crippen LogP contribution in [0.5, 0.6) is 5.75 Å². The molecular formula is C18H18ClN5O2S. The summed E-state index contributed by atoms with van der Waals surface area (Å²) in [6.07, 6.45) is 3.42. The van der Waals surface area contributed by atoms with E-state index >= 15 is 0 Å². The van der Waals surface area contributed by atoms with Crippen LogP contribution in [0.2, 0.25) is 5.02 Å². The second-order valence-corrected chi connectivity index (χ2v) is 7.45. The van der Waals surface area contributed by atoms with Gasteiger partial charge in [0.25, 0.3) is 0 Å². The monoisotopic (exact) mass is 403 g/mol. The second-order valence-electron chi connectivity index (χ2n) is 5.70. The number of nitrogens with zero attached hydrogens (tertiary/aromatic N) is 4. The number of hydrogen-bond donors (Lipinski definition) is 1. The number of pyridine rings is 1. The van der Waals surface area contributed by atoms with Crippen LogP contribution < -0.4 is 10.1 Å². The van der Waals surface area contributed by atoms with Crippen LogP contribution in [-0.4, -0.2) is 38.0 Å². The van der Waals surface area contributed by atoms with E-state index in [9.17, 15) is 4.79 Å². The van der Waals surface area contributed by atoms with Gasteiger partial charge in [-0.1, -0.05) is 23.4 Å². The van der Waals surface area contributed by atoms with Crippen molar-refractivity contribution < 1.29 is 9.53 Å². The van der Waals surface area contributed by atoms with Gasteiger partial charge in [0.2, 0.25) is 5.91 Å². The minimum absolute atomic E-state index is 0.188. The molecular weight excluding hydrogens is 386 g/mol. The molecule has 1 amide bonds. The van der Waals surface area contributed by atoms with Crippen LogP contribution in [0.25, 0.3) is 11.4 Å². The van der Waals surface area contributed by atoms with Gasteiger partial charge in [0.1, 0.15) is 5.75 Å². The molecule has 0 aliphatic carbocycles. The summed E-state index contributed by atoms with van der Waals surface area (Å²) < 4.78 is 7.10. The smallest absolute Gasteiger partial charge is 0.237 e. The Hall–Kier alpha value is -2.58. The SMILES string of the molecule is COc1ccc(Cl)cc1NC(=O)C(C)Sc1nnc(-c2cccnc2)n1C. The van der Waals surface area contributed by atoms with Crippen molar-refractivity contribution in [3.63, 3.8) is 0 Å². The number of halogens is 1. The van der Waals surface area contributed by atoms with Crippen molar-refractivity contribution in [1.29, 1.82) is 0 Å². The molecule has 1 aromatic carbocycles. The minimum atomic E-state index is -0.404. The number of nitrogens with one attached hydrogen (secondary N) is 1. The number of amides is 1. The number of benzene rings is 1. The highest BCUT2D eigenvalue weighted by Gasteiger charge is 2.20. The summed E-state index contributed by atoms with van der Waals surface area (Å²) >= 11 is 7.32. The van der Waals surface area contributed by atoms with Gasteiger partial charge < -0.3 is 14.6 Å². The van der Waals surface area contributed by atoms with E-state index in [1.54, 1.807) is 37.5 Å². The van der Waals surface area contributed by atoms with Crippen LogP contribution in [0.1, 0.15) is 6.92 Å². The highest BCUT2D eigenvalue weighted by Crippen LogP contribution is 2.30. The molecule has 140 valence electrons. The van der Waals surface area contributed by atoms with Crippen LogP contribution in [0.3, 0.4) is 0 Å². The van der Waals surface area contributed by atoms with Gasteiger partial charge in [-0.15, -0.1) is 10.2 Å². The van der Waals surface area contributed by atoms with E-state index in [1.807, 2.05) is 23.7 Å². The van der Waals surface area contributed by atoms with Crippen LogP contribution in [-0.2, 0) is 11.8 Å². The van der Waals surface area contributed by atoms with Crippen molar-refractivity contribution in [2.24, 2.45) is 7.05 Å². The van der Waals surface area contributed by atoms with Crippen molar-refractivity contribution in [3.05, 3.63) is 47.7 Å². The first-order valence-corrected chi connectivity index (χ1v) is 9.36. The van der Waals surface area contributed by atoms with Gasteiger partial charge in [-0.05, 0) is 37.3 Å². The van der Waals surface area contributed by atoms with E-state index in [0.717, 1.165) is 5.56 Å². The Morgan fingerprint density at radius 3 is 2.85 bits per heavy atom. The van der Waals surface area contributed by atoms with E-state index in [4.69, 9.17) is 16.3 Å². The molecule has 0 aliphatic heterocycles. The summed E-state index contributed by atoms with van der Waals surface area (Å²) in [5, 5.41) is 12.0. The largest absolute Gasteiger partial charge is 0.495 e. The Labute approximate surface area is 166 Å². The number of anilines is 1. The number of rotatable bonds is 6. The van der Waals surface area contributed by atoms with E-state index in [2.05, 4.69) is 20.5 Å². The molecule has 3 aromatic rings. The maximum absolute atomic E-state index is 12.6. The summed E-state index contributed by atoms with van der Waals surface area (Å²) in [5.41, 5.74) is 1.39. The lowest BCUT2D eigenvalue weighted by molar-refractivity contribution is -0.115. The first-order chi connectivity index (χ1) is 13.0. The Balaban J connectivity index is 1.72. The predicted octanol–water partition coefficient (Wildman–Crippen LogP) is 3.66. The Morgan fingerprint density at radius 2 is 2.15 bits per heavy atom. The predicted molar refractivity (Wildman–Crippen MR) is 106 cm³/mol. The Kier molecular flexibility index (Phi) is 5.98. The van der Waals surface area contributed by atoms with Crippen molar-refractivity contribution in [1.82, 2.24) is 19.7 Å². The topological polar surface area (TPSA) is 81.9 Å². The summed E-state index contributed by atoms with van der Waals surface area (Å²) in [5.74, 6) is 1.05. The average Bonchev–Trinajstić information content (AvgIpc) is 3.03. The van der Waals surface area contributed by atoms with E-state index in [1.165, 1.54) is 18.9 Å². The highest BCUT2D eigenvalue weighted by atomic mass is 35.5. The van der Waals surface area contributed by atoms with E-state index in [0.29, 0.717) is 27.4 Å². The molecule has 1 atom stereocenters. The Bertz CT molecular complexity index is 948. The zero-order valence-electron chi connectivity index (χ0n) is 15.0. The van der Waals surface area contributed by atoms with Gasteiger partial charge in [-0.25, -0.2) is 0 Å². The molecule has 0 fully saturated rings. The van der Waals surface area contributed by atoms with Crippen molar-refractivity contribution in [3.8, 4) is 17.1 Å². The van der Waals surface area contributed by atoms with Gasteiger partial charge in [0.05, 0.1) is 18.0 Å². The molecule has 0 saturated carbocycles. The van der Waals surface area contributed by atoms with Gasteiger partial charge in [0.15, 0.2) is 11.0 Å². The molecule has 3 rings (SSSR count). The third-order valence-electron chi connectivity index (χ3n) is 3.83. The lowest BCUT2D eigenvalue weighted by atomic mass is 10.3. The molecule has 27 heavy (non-hydrogen) atoms. The maximum atomic E-state index is 12.6. The summed E-state index contributed by atoms with van der Waals surface area (Å²) in [7, 11) is 3.39. The fourth-order valence-electron chi connectivity index (χ4n) is 2.39. The zero-order valence-corrected chi connectivity index (χ0v) is 16.6. The number of hydrogen-bond acceptors (Lipinski definition) is 6. The lowest BCUT2D eigenvalue weighted by Gasteiger charge is -2.14. The molecule has 0 spiro atoms. The first-order valence-electron chi connectivity index (χ1n) is 8.10. The zero-order chi connectivity index (χ0) is 19.4. The molecule has 2 aromatic heterocycles. The van der Waals surface area contributed by atoms with Crippen LogP contribution in [0, 0.1) is 0 Å². The standard InChI is InChI=1S/C18H18ClN5O2S/c1-11(17(25)21-14-9-13(19)6-7-15(14)26-3)27-18-23-22-16(24(18)2)12-5-4-8-20-10-12/h4-11H,1-3H3,(H,21,25). The summed E-state index contributed by atoms with van der Waals surface area (Å²) in [6.45, 7) is 1.80. The number of carbonyl (C=O) groups is 1. The molecule has 7 nitrogen and oxygen atoms in total. The normalized spacial score (nSPS) is 11.9. The van der Waals surface area contributed by atoms with E-state index < -0.39 is 5.25 Å². The molecule has 0 aliphatic rings. The fraction of sp³-hybridized carbons (Fsp3) is 0.222. The number of ether oxygens (including phenoxy) is 1. The van der Waals surface area contributed by atoms with Crippen LogP contribution in [0.15, 0.2) is 47.9 Å². The molecule has 1 N–H and O–H groups in total. The number of carbonyl (C=O) groups excluding carboxylic acids is 1. The molecule has 9 heteroatoms. The molecule has 1 unspecified atom stereocenters. The maximum Gasteiger partial charge on any atom is 0.237 e. The number of methoxy groups -OCH3 is 1. The van der Waals surface area contributed by atoms with Crippen molar-refractivity contribution in [2.45, 2.75) is 17.3 Å². The second kappa shape index (κ2) is 8.41. The Morgan fingerprint density at radius 1 is 1.33 bits per heavy atom. The lowest BCUT2D eigenvalue weighted by Crippen LogP contribution is -2.23. The van der Waals surface area contributed by atoms with Crippen molar-refractivity contribution >= 4 is 35.0 Å². The number of aromatic nitrogens is 4. The minimum Gasteiger partial charge on any atom is -0.495 e. The molecule has 0 bridgehead atoms. The van der Waals surface area contributed by atoms with E-state index in [-0.39, 0.29) is 5.91 Å². The number of thioether (sulfide) groups is 1. The van der Waals surface area contributed by atoms with Crippen molar-refractivity contribution in [2.75, 3.05) is 12.4 Å². The third kappa shape index (κ3) is 4.40. The first kappa shape index (κ1) is 19.2. The summed E-state index contributed by atoms with van der Waals surface area (Å²) in [6, 6.07) is 8.81. The third-order valence-corrected chi connectivity index (χ3v) is 5.19. The highest BCUT2D eigenvalue weighted by molar-refractivity contribution is 8.00. The quantitative estimate of drug-likeness (QED) is 0.632. The average molecular weight is 404 g/mol. The van der Waals surface area contributed by atoms with Gasteiger partial charge in [-0.3, -0.25) is 9.78 Å². The molecule has 2 heterocycles. The van der Waals surface area contributed by atoms with Crippen LogP contribution >= 0.6 is 23.4 Å². The summed E-state index contributed by atoms with van der Waals surface area (Å²) in [4.78, 5) is 16.7. The molecule has 0 radical (unpaired) electrons. The fourth-order valence-corrected chi connectivity index (χ4v) is 3.37. The van der Waals surface area contributed by atoms with Crippen LogP contribution in [0.4, 0.5) is 5.69 Å². The van der Waals surface area contributed by atoms with Gasteiger partial charge in [-0.2, -0.15) is 0 Å². The van der Waals surface area contributed by atoms with Gasteiger partial charge in [0, 0.05) is 30.0 Å².